The molecule has 14 heavy (non-hydrogen) atoms. The molecule has 2 aliphatic rings. The predicted molar refractivity (Wildman–Crippen MR) is 56.5 cm³/mol. The van der Waals surface area contributed by atoms with Crippen molar-refractivity contribution >= 4 is 10.0 Å². The van der Waals surface area contributed by atoms with Crippen molar-refractivity contribution in [1.29, 1.82) is 0 Å². The van der Waals surface area contributed by atoms with Gasteiger partial charge in [0.15, 0.2) is 0 Å². The molecule has 0 bridgehead atoms. The summed E-state index contributed by atoms with van der Waals surface area (Å²) in [5.41, 5.74) is 0. The standard InChI is InChI=1S/C10H19NO2S/c1-2-14(12,13)11-8-4-6-9-5-3-7-10(9)11/h9-10H,2-8H2,1H3. The minimum absolute atomic E-state index is 0.260. The topological polar surface area (TPSA) is 37.4 Å². The Hall–Kier alpha value is -0.0900. The summed E-state index contributed by atoms with van der Waals surface area (Å²) < 4.78 is 25.4. The fourth-order valence-corrected chi connectivity index (χ4v) is 4.35. The molecule has 1 aliphatic heterocycles. The number of nitrogens with zero attached hydrogens (tertiary/aromatic N) is 1. The summed E-state index contributed by atoms with van der Waals surface area (Å²) in [6.45, 7) is 2.51. The van der Waals surface area contributed by atoms with E-state index in [1.165, 1.54) is 19.3 Å². The molecule has 82 valence electrons. The molecule has 2 fully saturated rings. The first-order chi connectivity index (χ1) is 6.65. The summed E-state index contributed by atoms with van der Waals surface area (Å²) in [5.74, 6) is 0.918. The molecule has 2 atom stereocenters. The Morgan fingerprint density at radius 1 is 1.21 bits per heavy atom. The molecule has 3 nitrogen and oxygen atoms in total. The van der Waals surface area contributed by atoms with Crippen LogP contribution in [0.25, 0.3) is 0 Å². The molecule has 0 N–H and O–H groups in total. The van der Waals surface area contributed by atoms with Crippen LogP contribution in [0.4, 0.5) is 0 Å². The molecule has 2 unspecified atom stereocenters. The minimum atomic E-state index is -2.94. The van der Waals surface area contributed by atoms with Crippen LogP contribution < -0.4 is 0 Å². The van der Waals surface area contributed by atoms with E-state index in [2.05, 4.69) is 0 Å². The second-order valence-electron chi connectivity index (χ2n) is 4.41. The van der Waals surface area contributed by atoms with Gasteiger partial charge in [-0.25, -0.2) is 8.42 Å². The zero-order valence-corrected chi connectivity index (χ0v) is 9.59. The first-order valence-electron chi connectivity index (χ1n) is 5.64. The normalized spacial score (nSPS) is 34.4. The monoisotopic (exact) mass is 217 g/mol. The zero-order chi connectivity index (χ0) is 10.2. The number of piperidine rings is 1. The van der Waals surface area contributed by atoms with Gasteiger partial charge in [0, 0.05) is 12.6 Å². The van der Waals surface area contributed by atoms with Crippen LogP contribution in [-0.4, -0.2) is 31.1 Å². The Labute approximate surface area is 86.5 Å². The highest BCUT2D eigenvalue weighted by atomic mass is 32.2. The largest absolute Gasteiger partial charge is 0.214 e. The molecular formula is C10H19NO2S. The third-order valence-electron chi connectivity index (χ3n) is 3.66. The van der Waals surface area contributed by atoms with E-state index >= 15 is 0 Å². The average Bonchev–Trinajstić information content (AvgIpc) is 2.64. The Kier molecular flexibility index (Phi) is 2.84. The van der Waals surface area contributed by atoms with Crippen molar-refractivity contribution < 1.29 is 8.42 Å². The maximum atomic E-state index is 11.8. The molecule has 1 aliphatic carbocycles. The summed E-state index contributed by atoms with van der Waals surface area (Å²) in [5, 5.41) is 0. The van der Waals surface area contributed by atoms with Crippen LogP contribution >= 0.6 is 0 Å². The van der Waals surface area contributed by atoms with Gasteiger partial charge in [-0.05, 0) is 38.5 Å². The van der Waals surface area contributed by atoms with Gasteiger partial charge in [-0.3, -0.25) is 0 Å². The molecule has 0 aromatic carbocycles. The van der Waals surface area contributed by atoms with E-state index < -0.39 is 10.0 Å². The van der Waals surface area contributed by atoms with E-state index in [0.717, 1.165) is 19.4 Å². The molecular weight excluding hydrogens is 198 g/mol. The highest BCUT2D eigenvalue weighted by molar-refractivity contribution is 7.89. The zero-order valence-electron chi connectivity index (χ0n) is 8.78. The van der Waals surface area contributed by atoms with Gasteiger partial charge in [0.1, 0.15) is 0 Å². The molecule has 1 heterocycles. The Morgan fingerprint density at radius 2 is 1.93 bits per heavy atom. The van der Waals surface area contributed by atoms with Gasteiger partial charge in [0.25, 0.3) is 0 Å². The van der Waals surface area contributed by atoms with Crippen LogP contribution in [0.2, 0.25) is 0 Å². The van der Waals surface area contributed by atoms with Gasteiger partial charge in [0.05, 0.1) is 5.75 Å². The van der Waals surface area contributed by atoms with Crippen molar-refractivity contribution in [2.24, 2.45) is 5.92 Å². The number of fused-ring (bicyclic) bond motifs is 1. The van der Waals surface area contributed by atoms with Crippen molar-refractivity contribution in [2.75, 3.05) is 12.3 Å². The molecule has 0 radical (unpaired) electrons. The maximum Gasteiger partial charge on any atom is 0.214 e. The van der Waals surface area contributed by atoms with E-state index in [9.17, 15) is 8.42 Å². The van der Waals surface area contributed by atoms with Crippen LogP contribution in [-0.2, 0) is 10.0 Å². The fraction of sp³-hybridized carbons (Fsp3) is 1.00. The van der Waals surface area contributed by atoms with Crippen molar-refractivity contribution in [3.8, 4) is 0 Å². The van der Waals surface area contributed by atoms with Crippen molar-refractivity contribution in [1.82, 2.24) is 4.31 Å². The Bertz CT molecular complexity index is 299. The molecule has 4 heteroatoms. The van der Waals surface area contributed by atoms with Gasteiger partial charge >= 0.3 is 0 Å². The Balaban J connectivity index is 2.18. The number of hydrogen-bond donors (Lipinski definition) is 0. The van der Waals surface area contributed by atoms with Gasteiger partial charge in [0.2, 0.25) is 10.0 Å². The van der Waals surface area contributed by atoms with Crippen molar-refractivity contribution in [3.63, 3.8) is 0 Å². The lowest BCUT2D eigenvalue weighted by molar-refractivity contribution is 0.202. The summed E-state index contributed by atoms with van der Waals surface area (Å²) in [7, 11) is -2.94. The summed E-state index contributed by atoms with van der Waals surface area (Å²) in [6.07, 6.45) is 5.83. The van der Waals surface area contributed by atoms with E-state index in [0.29, 0.717) is 12.0 Å². The summed E-state index contributed by atoms with van der Waals surface area (Å²) in [6, 6.07) is 0.341. The molecule has 0 amide bonds. The predicted octanol–water partition coefficient (Wildman–Crippen LogP) is 1.60. The smallest absolute Gasteiger partial charge is 0.212 e. The SMILES string of the molecule is CCS(=O)(=O)N1CCCC2CCCC21. The fourth-order valence-electron chi connectivity index (χ4n) is 2.92. The van der Waals surface area contributed by atoms with E-state index in [1.54, 1.807) is 11.2 Å². The molecule has 1 saturated carbocycles. The van der Waals surface area contributed by atoms with E-state index in [1.807, 2.05) is 0 Å². The highest BCUT2D eigenvalue weighted by Crippen LogP contribution is 2.37. The molecule has 1 saturated heterocycles. The first kappa shape index (κ1) is 10.4. The molecule has 0 spiro atoms. The van der Waals surface area contributed by atoms with Crippen LogP contribution in [0.3, 0.4) is 0 Å². The van der Waals surface area contributed by atoms with Crippen molar-refractivity contribution in [3.05, 3.63) is 0 Å². The van der Waals surface area contributed by atoms with Crippen molar-refractivity contribution in [2.45, 2.75) is 45.1 Å². The van der Waals surface area contributed by atoms with Gasteiger partial charge in [-0.1, -0.05) is 6.42 Å². The number of hydrogen-bond acceptors (Lipinski definition) is 2. The quantitative estimate of drug-likeness (QED) is 0.704. The molecule has 0 aromatic heterocycles. The number of sulfonamides is 1. The van der Waals surface area contributed by atoms with E-state index in [-0.39, 0.29) is 5.75 Å². The average molecular weight is 217 g/mol. The lowest BCUT2D eigenvalue weighted by Crippen LogP contribution is -2.46. The van der Waals surface area contributed by atoms with Crippen LogP contribution in [0.15, 0.2) is 0 Å². The lowest BCUT2D eigenvalue weighted by atomic mass is 9.94. The second-order valence-corrected chi connectivity index (χ2v) is 6.62. The third-order valence-corrected chi connectivity index (χ3v) is 5.56. The number of rotatable bonds is 2. The highest BCUT2D eigenvalue weighted by Gasteiger charge is 2.39. The second kappa shape index (κ2) is 3.81. The summed E-state index contributed by atoms with van der Waals surface area (Å²) in [4.78, 5) is 0. The van der Waals surface area contributed by atoms with Crippen LogP contribution in [0.5, 0.6) is 0 Å². The van der Waals surface area contributed by atoms with Crippen LogP contribution in [0.1, 0.15) is 39.0 Å². The van der Waals surface area contributed by atoms with Gasteiger partial charge in [-0.2, -0.15) is 4.31 Å². The maximum absolute atomic E-state index is 11.8. The lowest BCUT2D eigenvalue weighted by Gasteiger charge is -2.36. The third kappa shape index (κ3) is 1.70. The Morgan fingerprint density at radius 3 is 2.64 bits per heavy atom. The molecule has 2 rings (SSSR count). The summed E-state index contributed by atoms with van der Waals surface area (Å²) >= 11 is 0. The van der Waals surface area contributed by atoms with Crippen LogP contribution in [0, 0.1) is 5.92 Å². The van der Waals surface area contributed by atoms with E-state index in [4.69, 9.17) is 0 Å². The minimum Gasteiger partial charge on any atom is -0.212 e. The first-order valence-corrected chi connectivity index (χ1v) is 7.25. The molecule has 0 aromatic rings. The van der Waals surface area contributed by atoms with Gasteiger partial charge in [-0.15, -0.1) is 0 Å². The van der Waals surface area contributed by atoms with Gasteiger partial charge < -0.3 is 0 Å².